The fourth-order valence-corrected chi connectivity index (χ4v) is 2.33. The molecule has 20 heavy (non-hydrogen) atoms. The van der Waals surface area contributed by atoms with Crippen molar-refractivity contribution in [1.29, 1.82) is 0 Å². The van der Waals surface area contributed by atoms with Gasteiger partial charge in [-0.05, 0) is 31.0 Å². The molecule has 0 radical (unpaired) electrons. The van der Waals surface area contributed by atoms with E-state index in [2.05, 4.69) is 0 Å². The van der Waals surface area contributed by atoms with Crippen LogP contribution < -0.4 is 11.3 Å². The van der Waals surface area contributed by atoms with Crippen LogP contribution in [-0.4, -0.2) is 23.3 Å². The van der Waals surface area contributed by atoms with Gasteiger partial charge in [-0.2, -0.15) is 0 Å². The highest BCUT2D eigenvalue weighted by Crippen LogP contribution is 2.17. The Kier molecular flexibility index (Phi) is 4.68. The molecule has 6 heteroatoms. The van der Waals surface area contributed by atoms with Crippen LogP contribution in [0.1, 0.15) is 41.6 Å². The third kappa shape index (κ3) is 3.33. The third-order valence-electron chi connectivity index (χ3n) is 3.47. The number of benzene rings is 1. The van der Waals surface area contributed by atoms with Crippen molar-refractivity contribution in [3.05, 3.63) is 35.1 Å². The zero-order valence-electron chi connectivity index (χ0n) is 11.2. The number of nitrogens with one attached hydrogen (secondary N) is 1. The Balaban J connectivity index is 2.19. The molecule has 108 valence electrons. The predicted molar refractivity (Wildman–Crippen MR) is 71.9 cm³/mol. The van der Waals surface area contributed by atoms with Crippen LogP contribution in [0, 0.1) is 5.82 Å². The number of rotatable bonds is 3. The molecule has 1 heterocycles. The van der Waals surface area contributed by atoms with Crippen LogP contribution in [0.2, 0.25) is 0 Å². The van der Waals surface area contributed by atoms with Gasteiger partial charge in [-0.1, -0.05) is 6.42 Å². The molecule has 0 unspecified atom stereocenters. The van der Waals surface area contributed by atoms with Gasteiger partial charge >= 0.3 is 0 Å². The summed E-state index contributed by atoms with van der Waals surface area (Å²) in [4.78, 5) is 25.0. The highest BCUT2D eigenvalue weighted by Gasteiger charge is 2.19. The van der Waals surface area contributed by atoms with Crippen LogP contribution in [0.4, 0.5) is 4.39 Å². The van der Waals surface area contributed by atoms with Crippen molar-refractivity contribution >= 4 is 11.8 Å². The lowest BCUT2D eigenvalue weighted by Crippen LogP contribution is -2.31. The van der Waals surface area contributed by atoms with Crippen molar-refractivity contribution in [2.24, 2.45) is 5.84 Å². The van der Waals surface area contributed by atoms with Gasteiger partial charge in [0.15, 0.2) is 0 Å². The maximum atomic E-state index is 13.8. The highest BCUT2D eigenvalue weighted by atomic mass is 19.1. The largest absolute Gasteiger partial charge is 0.338 e. The molecule has 1 aromatic carbocycles. The normalized spacial score (nSPS) is 15.9. The van der Waals surface area contributed by atoms with Gasteiger partial charge in [-0.3, -0.25) is 15.0 Å². The minimum absolute atomic E-state index is 0.0376. The molecule has 1 aromatic rings. The van der Waals surface area contributed by atoms with Crippen LogP contribution in [0.3, 0.4) is 0 Å². The number of hydrogen-bond donors (Lipinski definition) is 2. The first kappa shape index (κ1) is 14.5. The molecule has 0 aliphatic carbocycles. The molecule has 1 aliphatic heterocycles. The molecule has 0 spiro atoms. The summed E-state index contributed by atoms with van der Waals surface area (Å²) in [7, 11) is 0. The lowest BCUT2D eigenvalue weighted by Gasteiger charge is -2.21. The number of hydrazine groups is 1. The molecule has 1 fully saturated rings. The van der Waals surface area contributed by atoms with Crippen molar-refractivity contribution < 1.29 is 14.0 Å². The molecule has 1 aliphatic rings. The van der Waals surface area contributed by atoms with Crippen LogP contribution in [0.15, 0.2) is 18.2 Å². The molecule has 2 amide bonds. The Labute approximate surface area is 116 Å². The van der Waals surface area contributed by atoms with E-state index < -0.39 is 11.7 Å². The molecule has 5 nitrogen and oxygen atoms in total. The Hall–Kier alpha value is -1.95. The summed E-state index contributed by atoms with van der Waals surface area (Å²) >= 11 is 0. The molecule has 2 rings (SSSR count). The summed E-state index contributed by atoms with van der Waals surface area (Å²) in [5, 5.41) is 0. The zero-order valence-corrected chi connectivity index (χ0v) is 11.2. The lowest BCUT2D eigenvalue weighted by atomic mass is 10.1. The van der Waals surface area contributed by atoms with Gasteiger partial charge in [0, 0.05) is 30.6 Å². The number of hydrogen-bond acceptors (Lipinski definition) is 3. The Morgan fingerprint density at radius 2 is 2.15 bits per heavy atom. The molecule has 0 bridgehead atoms. The molecular formula is C14H18FN3O2. The fourth-order valence-electron chi connectivity index (χ4n) is 2.33. The second-order valence-electron chi connectivity index (χ2n) is 4.91. The van der Waals surface area contributed by atoms with Gasteiger partial charge in [0.25, 0.3) is 5.91 Å². The number of nitrogen functional groups attached to an aromatic ring is 1. The maximum Gasteiger partial charge on any atom is 0.265 e. The monoisotopic (exact) mass is 279 g/mol. The topological polar surface area (TPSA) is 75.4 Å². The summed E-state index contributed by atoms with van der Waals surface area (Å²) < 4.78 is 13.8. The van der Waals surface area contributed by atoms with E-state index in [0.717, 1.165) is 19.3 Å². The summed E-state index contributed by atoms with van der Waals surface area (Å²) in [5.41, 5.74) is 2.63. The first-order valence-electron chi connectivity index (χ1n) is 6.69. The number of nitrogens with two attached hydrogens (primary N) is 1. The maximum absolute atomic E-state index is 13.8. The van der Waals surface area contributed by atoms with Crippen molar-refractivity contribution in [3.63, 3.8) is 0 Å². The molecule has 0 aromatic heterocycles. The Morgan fingerprint density at radius 1 is 1.35 bits per heavy atom. The molecule has 0 atom stereocenters. The minimum atomic E-state index is -0.478. The Bertz CT molecular complexity index is 519. The average molecular weight is 279 g/mol. The van der Waals surface area contributed by atoms with Gasteiger partial charge in [0.05, 0.1) is 0 Å². The predicted octanol–water partition coefficient (Wildman–Crippen LogP) is 1.33. The zero-order chi connectivity index (χ0) is 14.5. The fraction of sp³-hybridized carbons (Fsp3) is 0.429. The summed E-state index contributed by atoms with van der Waals surface area (Å²) in [6, 6.07) is 4.03. The first-order chi connectivity index (χ1) is 9.61. The third-order valence-corrected chi connectivity index (χ3v) is 3.47. The van der Waals surface area contributed by atoms with E-state index in [0.29, 0.717) is 18.5 Å². The van der Waals surface area contributed by atoms with E-state index in [-0.39, 0.29) is 18.0 Å². The van der Waals surface area contributed by atoms with Gasteiger partial charge < -0.3 is 4.90 Å². The van der Waals surface area contributed by atoms with Crippen LogP contribution >= 0.6 is 0 Å². The van der Waals surface area contributed by atoms with E-state index in [1.165, 1.54) is 18.2 Å². The molecular weight excluding hydrogens is 261 g/mol. The summed E-state index contributed by atoms with van der Waals surface area (Å²) in [5.74, 6) is 4.20. The van der Waals surface area contributed by atoms with Crippen LogP contribution in [0.5, 0.6) is 0 Å². The average Bonchev–Trinajstić information content (AvgIpc) is 2.65. The van der Waals surface area contributed by atoms with Crippen molar-refractivity contribution in [1.82, 2.24) is 10.3 Å². The van der Waals surface area contributed by atoms with Gasteiger partial charge in [-0.25, -0.2) is 10.2 Å². The van der Waals surface area contributed by atoms with Gasteiger partial charge in [0.2, 0.25) is 5.91 Å². The quantitative estimate of drug-likeness (QED) is 0.498. The molecule has 0 saturated carbocycles. The minimum Gasteiger partial charge on any atom is -0.338 e. The second kappa shape index (κ2) is 6.47. The summed E-state index contributed by atoms with van der Waals surface area (Å²) in [6.45, 7) is 0.821. The molecule has 3 N–H and O–H groups in total. The van der Waals surface area contributed by atoms with Crippen molar-refractivity contribution in [2.75, 3.05) is 6.54 Å². The number of carbonyl (C=O) groups is 2. The number of halogens is 1. The van der Waals surface area contributed by atoms with Crippen molar-refractivity contribution in [3.8, 4) is 0 Å². The van der Waals surface area contributed by atoms with Crippen molar-refractivity contribution in [2.45, 2.75) is 32.2 Å². The molecule has 1 saturated heterocycles. The van der Waals surface area contributed by atoms with E-state index in [1.807, 2.05) is 5.43 Å². The number of carbonyl (C=O) groups excluding carboxylic acids is 2. The highest BCUT2D eigenvalue weighted by molar-refractivity contribution is 5.93. The van der Waals surface area contributed by atoms with Gasteiger partial charge in [0.1, 0.15) is 5.82 Å². The Morgan fingerprint density at radius 3 is 2.90 bits per heavy atom. The van der Waals surface area contributed by atoms with E-state index in [4.69, 9.17) is 5.84 Å². The van der Waals surface area contributed by atoms with Crippen LogP contribution in [-0.2, 0) is 11.3 Å². The summed E-state index contributed by atoms with van der Waals surface area (Å²) in [6.07, 6.45) is 3.33. The second-order valence-corrected chi connectivity index (χ2v) is 4.91. The van der Waals surface area contributed by atoms with E-state index in [9.17, 15) is 14.0 Å². The van der Waals surface area contributed by atoms with E-state index >= 15 is 0 Å². The number of likely N-dealkylation sites (tertiary alicyclic amines) is 1. The van der Waals surface area contributed by atoms with Crippen LogP contribution in [0.25, 0.3) is 0 Å². The first-order valence-corrected chi connectivity index (χ1v) is 6.69. The smallest absolute Gasteiger partial charge is 0.265 e. The number of amides is 2. The standard InChI is InChI=1S/C14H18FN3O2/c15-12-6-5-10(14(20)17-16)8-11(12)9-18-7-3-1-2-4-13(18)19/h5-6,8H,1-4,7,9,16H2,(H,17,20). The lowest BCUT2D eigenvalue weighted by molar-refractivity contribution is -0.131. The number of nitrogens with zero attached hydrogens (tertiary/aromatic N) is 1. The SMILES string of the molecule is NNC(=O)c1ccc(F)c(CN2CCCCCC2=O)c1. The van der Waals surface area contributed by atoms with Gasteiger partial charge in [-0.15, -0.1) is 0 Å². The van der Waals surface area contributed by atoms with E-state index in [1.54, 1.807) is 4.90 Å².